The van der Waals surface area contributed by atoms with E-state index in [1.807, 2.05) is 13.8 Å². The molecule has 0 bridgehead atoms. The first-order valence-corrected chi connectivity index (χ1v) is 12.1. The van der Waals surface area contributed by atoms with Gasteiger partial charge in [-0.2, -0.15) is 0 Å². The number of aromatic nitrogens is 1. The zero-order valence-corrected chi connectivity index (χ0v) is 20.4. The number of Topliss-reactive ketones (excluding diaryl/α,β-unsaturated/α-hetero) is 1. The Hall–Kier alpha value is -2.44. The average molecular weight is 470 g/mol. The van der Waals surface area contributed by atoms with E-state index in [-0.39, 0.29) is 16.8 Å². The molecular weight excluding hydrogens is 438 g/mol. The zero-order chi connectivity index (χ0) is 23.8. The summed E-state index contributed by atoms with van der Waals surface area (Å²) in [5.74, 6) is -0.449. The highest BCUT2D eigenvalue weighted by molar-refractivity contribution is 6.30. The van der Waals surface area contributed by atoms with Gasteiger partial charge >= 0.3 is 0 Å². The summed E-state index contributed by atoms with van der Waals surface area (Å²) in [4.78, 5) is 42.3. The molecule has 33 heavy (non-hydrogen) atoms. The summed E-state index contributed by atoms with van der Waals surface area (Å²) in [6, 6.07) is 7.31. The second kappa shape index (κ2) is 9.43. The predicted octanol–water partition coefficient (Wildman–Crippen LogP) is 4.25. The van der Waals surface area contributed by atoms with Gasteiger partial charge in [0.2, 0.25) is 0 Å². The zero-order valence-electron chi connectivity index (χ0n) is 19.6. The van der Waals surface area contributed by atoms with Crippen molar-refractivity contribution in [1.29, 1.82) is 0 Å². The van der Waals surface area contributed by atoms with Gasteiger partial charge in [-0.15, -0.1) is 0 Å². The Balaban J connectivity index is 1.69. The number of piperidine rings is 1. The van der Waals surface area contributed by atoms with Crippen LogP contribution in [0, 0.1) is 5.41 Å². The third-order valence-electron chi connectivity index (χ3n) is 6.87. The summed E-state index contributed by atoms with van der Waals surface area (Å²) in [6.07, 6.45) is 6.07. The van der Waals surface area contributed by atoms with Crippen molar-refractivity contribution in [2.24, 2.45) is 5.41 Å². The third-order valence-corrected chi connectivity index (χ3v) is 7.12. The minimum atomic E-state index is -0.412. The van der Waals surface area contributed by atoms with E-state index in [1.165, 1.54) is 23.8 Å². The molecule has 0 unspecified atom stereocenters. The lowest BCUT2D eigenvalue weighted by molar-refractivity contribution is 0.0907. The number of halogens is 1. The monoisotopic (exact) mass is 469 g/mol. The van der Waals surface area contributed by atoms with E-state index in [0.717, 1.165) is 13.1 Å². The van der Waals surface area contributed by atoms with E-state index in [1.54, 1.807) is 30.5 Å². The number of carbonyl (C=O) groups is 2. The number of nitrogens with one attached hydrogen (secondary N) is 1. The average Bonchev–Trinajstić information content (AvgIpc) is 2.75. The highest BCUT2D eigenvalue weighted by Gasteiger charge is 2.36. The van der Waals surface area contributed by atoms with Gasteiger partial charge in [-0.3, -0.25) is 23.9 Å². The highest BCUT2D eigenvalue weighted by Crippen LogP contribution is 2.35. The Labute approximate surface area is 199 Å². The molecule has 1 aliphatic carbocycles. The second-order valence-electron chi connectivity index (χ2n) is 10.1. The maximum Gasteiger partial charge on any atom is 0.268 e. The molecule has 0 saturated carbocycles. The number of ketones is 1. The van der Waals surface area contributed by atoms with Gasteiger partial charge in [0.15, 0.2) is 5.78 Å². The summed E-state index contributed by atoms with van der Waals surface area (Å²) in [7, 11) is 0. The molecule has 176 valence electrons. The smallest absolute Gasteiger partial charge is 0.268 e. The Bertz CT molecular complexity index is 1120. The molecule has 2 aliphatic rings. The third kappa shape index (κ3) is 5.07. The number of hydrogen-bond acceptors (Lipinski definition) is 4. The lowest BCUT2D eigenvalue weighted by atomic mass is 9.73. The first kappa shape index (κ1) is 23.7. The van der Waals surface area contributed by atoms with Crippen molar-refractivity contribution in [3.63, 3.8) is 0 Å². The quantitative estimate of drug-likeness (QED) is 0.710. The lowest BCUT2D eigenvalue weighted by Gasteiger charge is -2.33. The van der Waals surface area contributed by atoms with Crippen molar-refractivity contribution in [3.05, 3.63) is 62.5 Å². The summed E-state index contributed by atoms with van der Waals surface area (Å²) in [5.41, 5.74) is 0.956. The summed E-state index contributed by atoms with van der Waals surface area (Å²) >= 11 is 6.01. The molecule has 2 heterocycles. The predicted molar refractivity (Wildman–Crippen MR) is 131 cm³/mol. The molecule has 1 N–H and O–H groups in total. The van der Waals surface area contributed by atoms with E-state index in [9.17, 15) is 14.4 Å². The number of amides is 1. The van der Waals surface area contributed by atoms with Crippen LogP contribution in [0.3, 0.4) is 0 Å². The first-order valence-electron chi connectivity index (χ1n) is 11.8. The Morgan fingerprint density at radius 1 is 1.15 bits per heavy atom. The fraction of sp³-hybridized carbons (Fsp3) is 0.500. The molecule has 1 aromatic heterocycles. The number of benzene rings is 1. The summed E-state index contributed by atoms with van der Waals surface area (Å²) in [5, 5.41) is 3.51. The molecule has 0 spiro atoms. The fourth-order valence-electron chi connectivity index (χ4n) is 5.06. The molecule has 6 nitrogen and oxygen atoms in total. The first-order chi connectivity index (χ1) is 15.7. The number of carbonyl (C=O) groups excluding carboxylic acids is 2. The van der Waals surface area contributed by atoms with Gasteiger partial charge < -0.3 is 5.32 Å². The van der Waals surface area contributed by atoms with Gasteiger partial charge in [0.05, 0.1) is 0 Å². The molecule has 0 radical (unpaired) electrons. The van der Waals surface area contributed by atoms with E-state index >= 15 is 0 Å². The largest absolute Gasteiger partial charge is 0.351 e. The van der Waals surface area contributed by atoms with Gasteiger partial charge in [-0.1, -0.05) is 31.9 Å². The maximum absolute atomic E-state index is 13.5. The SMILES string of the molecule is C[C@@H]1CCCCN1CCNC(=O)c1c2c(cn(-c3ccc(Cl)cc3)c1=O)C(=O)CC(C)(C)C2. The lowest BCUT2D eigenvalue weighted by Crippen LogP contribution is -2.44. The van der Waals surface area contributed by atoms with E-state index in [4.69, 9.17) is 11.6 Å². The molecule has 1 amide bonds. The molecule has 1 atom stereocenters. The molecule has 2 aromatic rings. The molecule has 1 aliphatic heterocycles. The highest BCUT2D eigenvalue weighted by atomic mass is 35.5. The van der Waals surface area contributed by atoms with Crippen LogP contribution in [-0.4, -0.2) is 46.8 Å². The maximum atomic E-state index is 13.5. The minimum Gasteiger partial charge on any atom is -0.351 e. The van der Waals surface area contributed by atoms with Gasteiger partial charge in [0.1, 0.15) is 5.56 Å². The van der Waals surface area contributed by atoms with Crippen molar-refractivity contribution in [1.82, 2.24) is 14.8 Å². The van der Waals surface area contributed by atoms with Crippen LogP contribution in [0.25, 0.3) is 5.69 Å². The van der Waals surface area contributed by atoms with Crippen LogP contribution in [0.5, 0.6) is 0 Å². The van der Waals surface area contributed by atoms with Gasteiger partial charge in [0, 0.05) is 48.0 Å². The topological polar surface area (TPSA) is 71.4 Å². The second-order valence-corrected chi connectivity index (χ2v) is 10.6. The Morgan fingerprint density at radius 3 is 2.58 bits per heavy atom. The molecule has 4 rings (SSSR count). The van der Waals surface area contributed by atoms with Crippen LogP contribution in [-0.2, 0) is 6.42 Å². The van der Waals surface area contributed by atoms with E-state index in [0.29, 0.717) is 47.3 Å². The van der Waals surface area contributed by atoms with E-state index < -0.39 is 11.5 Å². The molecule has 1 fully saturated rings. The van der Waals surface area contributed by atoms with Gasteiger partial charge in [-0.05, 0) is 68.0 Å². The molecule has 1 aromatic carbocycles. The van der Waals surface area contributed by atoms with Crippen LogP contribution >= 0.6 is 11.6 Å². The van der Waals surface area contributed by atoms with Crippen molar-refractivity contribution in [3.8, 4) is 5.69 Å². The van der Waals surface area contributed by atoms with Crippen LogP contribution < -0.4 is 10.9 Å². The summed E-state index contributed by atoms with van der Waals surface area (Å²) in [6.45, 7) is 8.45. The standard InChI is InChI=1S/C26H32ClN3O3/c1-17-6-4-5-12-29(17)13-11-28-24(32)23-20-14-26(2,3)15-22(31)21(20)16-30(25(23)33)19-9-7-18(27)8-10-19/h7-10,16-17H,4-6,11-15H2,1-3H3,(H,28,32)/t17-/m1/s1. The van der Waals surface area contributed by atoms with Crippen LogP contribution in [0.1, 0.15) is 72.7 Å². The van der Waals surface area contributed by atoms with Crippen molar-refractivity contribution >= 4 is 23.3 Å². The summed E-state index contributed by atoms with van der Waals surface area (Å²) < 4.78 is 1.40. The number of fused-ring (bicyclic) bond motifs is 1. The molecule has 1 saturated heterocycles. The molecular formula is C26H32ClN3O3. The van der Waals surface area contributed by atoms with Crippen LogP contribution in [0.2, 0.25) is 5.02 Å². The van der Waals surface area contributed by atoms with Crippen LogP contribution in [0.15, 0.2) is 35.3 Å². The molecule has 7 heteroatoms. The van der Waals surface area contributed by atoms with Gasteiger partial charge in [0.25, 0.3) is 11.5 Å². The van der Waals surface area contributed by atoms with Crippen LogP contribution in [0.4, 0.5) is 0 Å². The number of rotatable bonds is 5. The number of hydrogen-bond donors (Lipinski definition) is 1. The van der Waals surface area contributed by atoms with Crippen molar-refractivity contribution in [2.45, 2.75) is 58.9 Å². The fourth-order valence-corrected chi connectivity index (χ4v) is 5.19. The van der Waals surface area contributed by atoms with Gasteiger partial charge in [-0.25, -0.2) is 0 Å². The number of pyridine rings is 1. The normalized spacial score (nSPS) is 20.4. The number of likely N-dealkylation sites (tertiary alicyclic amines) is 1. The Morgan fingerprint density at radius 2 is 1.88 bits per heavy atom. The van der Waals surface area contributed by atoms with Crippen molar-refractivity contribution in [2.75, 3.05) is 19.6 Å². The number of nitrogens with zero attached hydrogens (tertiary/aromatic N) is 2. The van der Waals surface area contributed by atoms with E-state index in [2.05, 4.69) is 17.1 Å². The van der Waals surface area contributed by atoms with Crippen molar-refractivity contribution < 1.29 is 9.59 Å². The Kier molecular flexibility index (Phi) is 6.78. The minimum absolute atomic E-state index is 0.0415.